The van der Waals surface area contributed by atoms with Gasteiger partial charge in [-0.2, -0.15) is 0 Å². The molecule has 2 aromatic rings. The first-order valence-electron chi connectivity index (χ1n) is 13.0. The predicted molar refractivity (Wildman–Crippen MR) is 139 cm³/mol. The Balaban J connectivity index is 1.57. The maximum absolute atomic E-state index is 13.7. The standard InChI is InChI=1S/C29H36N2O6/c1-4-37-29(34)22-11-8-14-30(17-22)28(33)24-15-23(20-9-6-5-7-10-20)18-31(19-24)27(32)21-12-13-25(35-2)26(16-21)36-3/h5-7,9-10,12-13,16,22-24H,4,8,11,14-15,17-19H2,1-3H3/t22-,23-,24+/m1/s1. The number of benzene rings is 2. The highest BCUT2D eigenvalue weighted by Crippen LogP contribution is 2.34. The molecule has 0 bridgehead atoms. The lowest BCUT2D eigenvalue weighted by atomic mass is 9.83. The summed E-state index contributed by atoms with van der Waals surface area (Å²) in [5.41, 5.74) is 1.59. The molecule has 0 N–H and O–H groups in total. The molecule has 4 rings (SSSR count). The lowest BCUT2D eigenvalue weighted by molar-refractivity contribution is -0.152. The van der Waals surface area contributed by atoms with E-state index in [1.165, 1.54) is 7.11 Å². The van der Waals surface area contributed by atoms with Gasteiger partial charge in [-0.05, 0) is 49.9 Å². The zero-order chi connectivity index (χ0) is 26.4. The molecule has 0 radical (unpaired) electrons. The Bertz CT molecular complexity index is 1100. The van der Waals surface area contributed by atoms with Crippen molar-refractivity contribution < 1.29 is 28.6 Å². The van der Waals surface area contributed by atoms with E-state index >= 15 is 0 Å². The fraction of sp³-hybridized carbons (Fsp3) is 0.483. The smallest absolute Gasteiger partial charge is 0.310 e. The van der Waals surface area contributed by atoms with Crippen LogP contribution in [0.2, 0.25) is 0 Å². The maximum Gasteiger partial charge on any atom is 0.310 e. The Morgan fingerprint density at radius 3 is 2.32 bits per heavy atom. The van der Waals surface area contributed by atoms with Crippen LogP contribution in [0.4, 0.5) is 0 Å². The summed E-state index contributed by atoms with van der Waals surface area (Å²) in [4.78, 5) is 43.3. The Morgan fingerprint density at radius 1 is 0.892 bits per heavy atom. The monoisotopic (exact) mass is 508 g/mol. The highest BCUT2D eigenvalue weighted by atomic mass is 16.5. The highest BCUT2D eigenvalue weighted by Gasteiger charge is 2.39. The lowest BCUT2D eigenvalue weighted by Crippen LogP contribution is -2.51. The van der Waals surface area contributed by atoms with Gasteiger partial charge in [-0.15, -0.1) is 0 Å². The molecule has 198 valence electrons. The average molecular weight is 509 g/mol. The number of ether oxygens (including phenoxy) is 3. The predicted octanol–water partition coefficient (Wildman–Crippen LogP) is 3.75. The van der Waals surface area contributed by atoms with E-state index in [1.54, 1.807) is 42.0 Å². The van der Waals surface area contributed by atoms with E-state index in [0.29, 0.717) is 56.3 Å². The number of rotatable bonds is 7. The van der Waals surface area contributed by atoms with Crippen molar-refractivity contribution in [3.8, 4) is 11.5 Å². The number of hydrogen-bond donors (Lipinski definition) is 0. The van der Waals surface area contributed by atoms with E-state index < -0.39 is 0 Å². The van der Waals surface area contributed by atoms with Gasteiger partial charge in [0.25, 0.3) is 5.91 Å². The van der Waals surface area contributed by atoms with E-state index in [2.05, 4.69) is 0 Å². The van der Waals surface area contributed by atoms with Gasteiger partial charge in [0.2, 0.25) is 5.91 Å². The zero-order valence-electron chi connectivity index (χ0n) is 21.9. The first-order valence-corrected chi connectivity index (χ1v) is 13.0. The van der Waals surface area contributed by atoms with Crippen molar-refractivity contribution in [3.05, 3.63) is 59.7 Å². The van der Waals surface area contributed by atoms with Gasteiger partial charge in [0.1, 0.15) is 0 Å². The molecule has 2 amide bonds. The van der Waals surface area contributed by atoms with Gasteiger partial charge in [-0.1, -0.05) is 30.3 Å². The van der Waals surface area contributed by atoms with E-state index in [-0.39, 0.29) is 35.5 Å². The molecule has 0 aliphatic carbocycles. The van der Waals surface area contributed by atoms with Crippen LogP contribution in [0.5, 0.6) is 11.5 Å². The summed E-state index contributed by atoms with van der Waals surface area (Å²) in [7, 11) is 3.09. The number of piperidine rings is 2. The normalized spacial score (nSPS) is 21.8. The molecule has 2 aliphatic heterocycles. The number of esters is 1. The van der Waals surface area contributed by atoms with Crippen molar-refractivity contribution in [1.82, 2.24) is 9.80 Å². The van der Waals surface area contributed by atoms with E-state index in [4.69, 9.17) is 14.2 Å². The number of nitrogens with zero attached hydrogens (tertiary/aromatic N) is 2. The first-order chi connectivity index (χ1) is 17.9. The summed E-state index contributed by atoms with van der Waals surface area (Å²) in [5, 5.41) is 0. The lowest BCUT2D eigenvalue weighted by Gasteiger charge is -2.41. The molecular formula is C29H36N2O6. The van der Waals surface area contributed by atoms with Crippen molar-refractivity contribution in [3.63, 3.8) is 0 Å². The molecule has 0 aromatic heterocycles. The Hall–Kier alpha value is -3.55. The van der Waals surface area contributed by atoms with Gasteiger partial charge in [-0.3, -0.25) is 14.4 Å². The molecule has 2 saturated heterocycles. The first kappa shape index (κ1) is 26.5. The number of carbonyl (C=O) groups excluding carboxylic acids is 3. The number of likely N-dealkylation sites (tertiary alicyclic amines) is 2. The van der Waals surface area contributed by atoms with Gasteiger partial charge in [0, 0.05) is 37.7 Å². The van der Waals surface area contributed by atoms with Gasteiger partial charge in [0.15, 0.2) is 11.5 Å². The molecule has 8 heteroatoms. The summed E-state index contributed by atoms with van der Waals surface area (Å²) in [6.45, 7) is 3.96. The third-order valence-electron chi connectivity index (χ3n) is 7.34. The van der Waals surface area contributed by atoms with Crippen molar-refractivity contribution in [2.24, 2.45) is 11.8 Å². The van der Waals surface area contributed by atoms with E-state index in [1.807, 2.05) is 30.3 Å². The van der Waals surface area contributed by atoms with E-state index in [9.17, 15) is 14.4 Å². The number of methoxy groups -OCH3 is 2. The van der Waals surface area contributed by atoms with Crippen LogP contribution in [0.25, 0.3) is 0 Å². The molecule has 0 spiro atoms. The molecule has 2 aliphatic rings. The SMILES string of the molecule is CCOC(=O)[C@@H]1CCCN(C(=O)[C@H]2C[C@@H](c3ccccc3)CN(C(=O)c3ccc(OC)c(OC)c3)C2)C1. The molecule has 0 saturated carbocycles. The van der Waals surface area contributed by atoms with Crippen molar-refractivity contribution in [2.75, 3.05) is 47.0 Å². The van der Waals surface area contributed by atoms with Crippen molar-refractivity contribution >= 4 is 17.8 Å². The molecule has 0 unspecified atom stereocenters. The van der Waals surface area contributed by atoms with Crippen LogP contribution < -0.4 is 9.47 Å². The minimum atomic E-state index is -0.357. The van der Waals surface area contributed by atoms with Crippen LogP contribution in [0.15, 0.2) is 48.5 Å². The van der Waals surface area contributed by atoms with Crippen LogP contribution >= 0.6 is 0 Å². The van der Waals surface area contributed by atoms with Crippen LogP contribution in [0.1, 0.15) is 48.0 Å². The summed E-state index contributed by atoms with van der Waals surface area (Å²) < 4.78 is 15.9. The molecule has 37 heavy (non-hydrogen) atoms. The molecule has 2 fully saturated rings. The van der Waals surface area contributed by atoms with Crippen LogP contribution in [-0.4, -0.2) is 74.6 Å². The summed E-state index contributed by atoms with van der Waals surface area (Å²) in [5.74, 6) is 0.0154. The quantitative estimate of drug-likeness (QED) is 0.530. The second kappa shape index (κ2) is 12.1. The third-order valence-corrected chi connectivity index (χ3v) is 7.34. The number of amides is 2. The van der Waals surface area contributed by atoms with Crippen LogP contribution in [0, 0.1) is 11.8 Å². The largest absolute Gasteiger partial charge is 0.493 e. The van der Waals surface area contributed by atoms with Crippen molar-refractivity contribution in [1.29, 1.82) is 0 Å². The fourth-order valence-corrected chi connectivity index (χ4v) is 5.45. The van der Waals surface area contributed by atoms with Crippen LogP contribution in [-0.2, 0) is 14.3 Å². The van der Waals surface area contributed by atoms with Gasteiger partial charge >= 0.3 is 5.97 Å². The van der Waals surface area contributed by atoms with Gasteiger partial charge in [-0.25, -0.2) is 0 Å². The summed E-state index contributed by atoms with van der Waals surface area (Å²) in [6, 6.07) is 15.1. The van der Waals surface area contributed by atoms with Gasteiger partial charge < -0.3 is 24.0 Å². The zero-order valence-corrected chi connectivity index (χ0v) is 21.9. The minimum absolute atomic E-state index is 0.000240. The second-order valence-corrected chi connectivity index (χ2v) is 9.70. The van der Waals surface area contributed by atoms with Crippen molar-refractivity contribution in [2.45, 2.75) is 32.1 Å². The molecular weight excluding hydrogens is 472 g/mol. The molecule has 2 heterocycles. The highest BCUT2D eigenvalue weighted by molar-refractivity contribution is 5.95. The number of carbonyl (C=O) groups is 3. The summed E-state index contributed by atoms with van der Waals surface area (Å²) >= 11 is 0. The summed E-state index contributed by atoms with van der Waals surface area (Å²) in [6.07, 6.45) is 2.14. The Kier molecular flexibility index (Phi) is 8.69. The maximum atomic E-state index is 13.7. The second-order valence-electron chi connectivity index (χ2n) is 9.70. The topological polar surface area (TPSA) is 85.4 Å². The molecule has 2 aromatic carbocycles. The Morgan fingerprint density at radius 2 is 1.62 bits per heavy atom. The molecule has 8 nitrogen and oxygen atoms in total. The number of hydrogen-bond acceptors (Lipinski definition) is 6. The fourth-order valence-electron chi connectivity index (χ4n) is 5.45. The van der Waals surface area contributed by atoms with Gasteiger partial charge in [0.05, 0.1) is 32.7 Å². The molecule has 3 atom stereocenters. The average Bonchev–Trinajstić information content (AvgIpc) is 2.96. The third kappa shape index (κ3) is 6.06. The Labute approximate surface area is 218 Å². The minimum Gasteiger partial charge on any atom is -0.493 e. The van der Waals surface area contributed by atoms with E-state index in [0.717, 1.165) is 18.4 Å². The van der Waals surface area contributed by atoms with Crippen LogP contribution in [0.3, 0.4) is 0 Å².